The number of aromatic hydroxyl groups is 1. The van der Waals surface area contributed by atoms with Crippen LogP contribution in [0.15, 0.2) is 42.0 Å². The van der Waals surface area contributed by atoms with Crippen LogP contribution in [-0.2, 0) is 19.2 Å². The normalized spacial score (nSPS) is 17.4. The average molecular weight is 550 g/mol. The predicted octanol–water partition coefficient (Wildman–Crippen LogP) is 2.66. The van der Waals surface area contributed by atoms with Crippen LogP contribution in [0.5, 0.6) is 5.75 Å². The maximum absolute atomic E-state index is 14.1. The average Bonchev–Trinajstić information content (AvgIpc) is 2.81. The molecule has 0 aromatic heterocycles. The molecule has 0 aliphatic heterocycles. The first-order valence-electron chi connectivity index (χ1n) is 12.4. The highest BCUT2D eigenvalue weighted by Crippen LogP contribution is 2.39. The standard InChI is InChI=1S/C28H40ClN3O6/c1-15(10-16(2)12-18(4)34)11-17(3)26(37)28(14-33,32(7)27(38)20(6)31)24(25(36)19(5)30)21-8-9-23(35)22(29)13-21/h8-10,13-14,16,18-20,24,34-35H,3,11-12,30-31H2,1-2,4-7H3/b15-10+/t16-,18-,19-,20-,24?,28-/m0/s1. The van der Waals surface area contributed by atoms with Gasteiger partial charge < -0.3 is 31.4 Å². The summed E-state index contributed by atoms with van der Waals surface area (Å²) in [6.45, 7) is 12.1. The van der Waals surface area contributed by atoms with Gasteiger partial charge in [-0.1, -0.05) is 42.8 Å². The second kappa shape index (κ2) is 13.8. The molecule has 0 saturated heterocycles. The van der Waals surface area contributed by atoms with Crippen LogP contribution in [0.2, 0.25) is 5.02 Å². The third-order valence-corrected chi connectivity index (χ3v) is 6.69. The third kappa shape index (κ3) is 7.60. The number of aldehydes is 1. The Kier molecular flexibility index (Phi) is 12.0. The van der Waals surface area contributed by atoms with Gasteiger partial charge in [0.25, 0.3) is 0 Å². The maximum Gasteiger partial charge on any atom is 0.240 e. The van der Waals surface area contributed by atoms with Gasteiger partial charge in [0.15, 0.2) is 23.4 Å². The Morgan fingerprint density at radius 3 is 2.18 bits per heavy atom. The minimum atomic E-state index is -2.39. The number of ketones is 2. The van der Waals surface area contributed by atoms with E-state index in [1.807, 2.05) is 13.0 Å². The van der Waals surface area contributed by atoms with Gasteiger partial charge in [-0.2, -0.15) is 0 Å². The number of aliphatic hydroxyl groups excluding tert-OH is 1. The fourth-order valence-corrected chi connectivity index (χ4v) is 4.81. The number of carbonyl (C=O) groups is 4. The summed E-state index contributed by atoms with van der Waals surface area (Å²) in [5.41, 5.74) is 10.2. The highest BCUT2D eigenvalue weighted by atomic mass is 35.5. The second-order valence-electron chi connectivity index (χ2n) is 10.1. The quantitative estimate of drug-likeness (QED) is 0.119. The van der Waals surface area contributed by atoms with Gasteiger partial charge in [0, 0.05) is 7.05 Å². The number of rotatable bonds is 14. The van der Waals surface area contributed by atoms with Gasteiger partial charge in [-0.05, 0) is 69.7 Å². The Labute approximate surface area is 229 Å². The van der Waals surface area contributed by atoms with Crippen LogP contribution in [0.3, 0.4) is 0 Å². The molecule has 6 atom stereocenters. The summed E-state index contributed by atoms with van der Waals surface area (Å²) in [6.07, 6.45) is 2.18. The zero-order chi connectivity index (χ0) is 29.5. The van der Waals surface area contributed by atoms with E-state index in [0.29, 0.717) is 6.42 Å². The number of phenolic OH excluding ortho intramolecular Hbond substituents is 1. The number of likely N-dealkylation sites (N-methyl/N-ethyl adjacent to an activating group) is 1. The molecule has 38 heavy (non-hydrogen) atoms. The number of phenols is 1. The lowest BCUT2D eigenvalue weighted by molar-refractivity contribution is -0.151. The number of benzene rings is 1. The number of nitrogens with two attached hydrogens (primary N) is 2. The van der Waals surface area contributed by atoms with Crippen molar-refractivity contribution in [2.45, 2.75) is 77.1 Å². The molecule has 10 heteroatoms. The van der Waals surface area contributed by atoms with Gasteiger partial charge in [0.2, 0.25) is 5.91 Å². The number of aliphatic hydroxyl groups is 1. The van der Waals surface area contributed by atoms with Crippen LogP contribution in [0.25, 0.3) is 0 Å². The lowest BCUT2D eigenvalue weighted by Gasteiger charge is -2.43. The van der Waals surface area contributed by atoms with Crippen molar-refractivity contribution in [3.8, 4) is 5.75 Å². The van der Waals surface area contributed by atoms with Crippen LogP contribution >= 0.6 is 11.6 Å². The fraction of sp³-hybridized carbons (Fsp3) is 0.500. The molecule has 0 fully saturated rings. The topological polar surface area (TPSA) is 164 Å². The molecular formula is C28H40ClN3O6. The van der Waals surface area contributed by atoms with Crippen molar-refractivity contribution in [2.24, 2.45) is 17.4 Å². The van der Waals surface area contributed by atoms with Crippen molar-refractivity contribution in [1.82, 2.24) is 4.90 Å². The Morgan fingerprint density at radius 2 is 1.74 bits per heavy atom. The van der Waals surface area contributed by atoms with E-state index < -0.39 is 47.1 Å². The molecule has 0 saturated carbocycles. The maximum atomic E-state index is 14.1. The fourth-order valence-electron chi connectivity index (χ4n) is 4.62. The van der Waals surface area contributed by atoms with Crippen molar-refractivity contribution < 1.29 is 29.4 Å². The number of hydrogen-bond acceptors (Lipinski definition) is 8. The Morgan fingerprint density at radius 1 is 1.16 bits per heavy atom. The number of hydrogen-bond donors (Lipinski definition) is 4. The number of carbonyl (C=O) groups excluding carboxylic acids is 4. The van der Waals surface area contributed by atoms with Gasteiger partial charge in [0.05, 0.1) is 29.1 Å². The molecule has 0 aliphatic carbocycles. The molecule has 6 N–H and O–H groups in total. The van der Waals surface area contributed by atoms with Crippen molar-refractivity contribution in [2.75, 3.05) is 7.05 Å². The summed E-state index contributed by atoms with van der Waals surface area (Å²) in [6, 6.07) is 1.58. The van der Waals surface area contributed by atoms with Crippen molar-refractivity contribution in [3.63, 3.8) is 0 Å². The van der Waals surface area contributed by atoms with E-state index >= 15 is 0 Å². The van der Waals surface area contributed by atoms with E-state index in [4.69, 9.17) is 23.1 Å². The molecule has 1 aromatic carbocycles. The van der Waals surface area contributed by atoms with Crippen molar-refractivity contribution in [1.29, 1.82) is 0 Å². The first kappa shape index (κ1) is 33.2. The monoisotopic (exact) mass is 549 g/mol. The van der Waals surface area contributed by atoms with Crippen LogP contribution in [0.4, 0.5) is 0 Å². The summed E-state index contributed by atoms with van der Waals surface area (Å²) in [5.74, 6) is -4.17. The Hall–Kier alpha value is -2.85. The highest BCUT2D eigenvalue weighted by molar-refractivity contribution is 6.32. The van der Waals surface area contributed by atoms with Crippen LogP contribution in [0, 0.1) is 5.92 Å². The van der Waals surface area contributed by atoms with Gasteiger partial charge >= 0.3 is 0 Å². The van der Waals surface area contributed by atoms with E-state index in [0.717, 1.165) is 10.5 Å². The first-order chi connectivity index (χ1) is 17.5. The van der Waals surface area contributed by atoms with Gasteiger partial charge in [-0.3, -0.25) is 14.4 Å². The number of Topliss-reactive ketones (excluding diaryl/α,β-unsaturated/α-hetero) is 2. The minimum absolute atomic E-state index is 0.00243. The molecule has 1 aromatic rings. The van der Waals surface area contributed by atoms with E-state index in [1.165, 1.54) is 39.1 Å². The van der Waals surface area contributed by atoms with E-state index in [1.54, 1.807) is 13.8 Å². The number of halogens is 1. The third-order valence-electron chi connectivity index (χ3n) is 6.39. The van der Waals surface area contributed by atoms with E-state index in [2.05, 4.69) is 6.58 Å². The Balaban J connectivity index is 3.83. The lowest BCUT2D eigenvalue weighted by atomic mass is 9.70. The van der Waals surface area contributed by atoms with Crippen molar-refractivity contribution in [3.05, 3.63) is 52.6 Å². The molecule has 1 amide bonds. The zero-order valence-electron chi connectivity index (χ0n) is 22.9. The molecule has 9 nitrogen and oxygen atoms in total. The number of allylic oxidation sites excluding steroid dienone is 2. The van der Waals surface area contributed by atoms with Gasteiger partial charge in [0.1, 0.15) is 5.75 Å². The molecule has 0 aliphatic rings. The van der Waals surface area contributed by atoms with Gasteiger partial charge in [-0.25, -0.2) is 0 Å². The van der Waals surface area contributed by atoms with Crippen LogP contribution in [0.1, 0.15) is 58.9 Å². The largest absolute Gasteiger partial charge is 0.506 e. The molecule has 0 radical (unpaired) electrons. The highest BCUT2D eigenvalue weighted by Gasteiger charge is 2.55. The number of amides is 1. The summed E-state index contributed by atoms with van der Waals surface area (Å²) < 4.78 is 0. The minimum Gasteiger partial charge on any atom is -0.506 e. The van der Waals surface area contributed by atoms with E-state index in [-0.39, 0.29) is 40.5 Å². The molecule has 0 spiro atoms. The SMILES string of the molecule is C=C(C/C(C)=C/[C@H](C)C[C@H](C)O)C(=O)[C@](C=O)(C(C(=O)[C@H](C)N)c1ccc(O)c(Cl)c1)N(C)C(=O)[C@H](C)N. The van der Waals surface area contributed by atoms with Crippen LogP contribution < -0.4 is 11.5 Å². The summed E-state index contributed by atoms with van der Waals surface area (Å²) >= 11 is 6.11. The lowest BCUT2D eigenvalue weighted by Crippen LogP contribution is -2.65. The van der Waals surface area contributed by atoms with Crippen molar-refractivity contribution >= 4 is 35.4 Å². The van der Waals surface area contributed by atoms with Gasteiger partial charge in [-0.15, -0.1) is 0 Å². The van der Waals surface area contributed by atoms with Crippen LogP contribution in [-0.4, -0.2) is 69.6 Å². The molecular weight excluding hydrogens is 510 g/mol. The molecule has 0 heterocycles. The predicted molar refractivity (Wildman–Crippen MR) is 148 cm³/mol. The molecule has 1 rings (SSSR count). The summed E-state index contributed by atoms with van der Waals surface area (Å²) in [7, 11) is 1.22. The first-order valence-corrected chi connectivity index (χ1v) is 12.7. The summed E-state index contributed by atoms with van der Waals surface area (Å²) in [4.78, 5) is 54.7. The second-order valence-corrected chi connectivity index (χ2v) is 10.6. The summed E-state index contributed by atoms with van der Waals surface area (Å²) in [5, 5.41) is 19.5. The zero-order valence-corrected chi connectivity index (χ0v) is 23.7. The molecule has 210 valence electrons. The van der Waals surface area contributed by atoms with E-state index in [9.17, 15) is 29.4 Å². The number of nitrogens with zero attached hydrogens (tertiary/aromatic N) is 1. The molecule has 0 bridgehead atoms. The molecule has 1 unspecified atom stereocenters. The Bertz CT molecular complexity index is 1100. The smallest absolute Gasteiger partial charge is 0.240 e.